The maximum Gasteiger partial charge on any atom is 0.472 e. The first-order valence-corrected chi connectivity index (χ1v) is 22.8. The van der Waals surface area contributed by atoms with Gasteiger partial charge in [-0.15, -0.1) is 0 Å². The van der Waals surface area contributed by atoms with E-state index >= 15 is 0 Å². The van der Waals surface area contributed by atoms with Crippen LogP contribution < -0.4 is 5.73 Å². The summed E-state index contributed by atoms with van der Waals surface area (Å²) >= 11 is 0. The van der Waals surface area contributed by atoms with Gasteiger partial charge in [-0.25, -0.2) is 4.57 Å². The van der Waals surface area contributed by atoms with Crippen molar-refractivity contribution in [3.63, 3.8) is 0 Å². The molecule has 0 heterocycles. The van der Waals surface area contributed by atoms with Gasteiger partial charge >= 0.3 is 25.7 Å². The highest BCUT2D eigenvalue weighted by atomic mass is 31.2. The average molecular weight is 810 g/mol. The minimum atomic E-state index is -4.73. The van der Waals surface area contributed by atoms with Crippen molar-refractivity contribution in [1.29, 1.82) is 0 Å². The maximum atomic E-state index is 12.6. The molecule has 0 saturated heterocycles. The van der Waals surface area contributed by atoms with Crippen LogP contribution in [0.25, 0.3) is 0 Å². The number of hydrogen-bond acceptors (Lipinski definition) is 9. The minimum absolute atomic E-state index is 0.117. The number of aliphatic carboxylic acids is 1. The molecule has 0 aromatic rings. The number of hydrogen-bond donors (Lipinski definition) is 3. The molecule has 0 spiro atoms. The Hall–Kier alpha value is -2.82. The quantitative estimate of drug-likeness (QED) is 0.0233. The van der Waals surface area contributed by atoms with Crippen LogP contribution in [0.4, 0.5) is 0 Å². The van der Waals surface area contributed by atoms with Gasteiger partial charge in [0.25, 0.3) is 0 Å². The molecule has 4 N–H and O–H groups in total. The van der Waals surface area contributed by atoms with Gasteiger partial charge in [0.15, 0.2) is 6.10 Å². The molecule has 0 saturated carbocycles. The maximum absolute atomic E-state index is 12.6. The number of phosphoric ester groups is 1. The molecule has 1 unspecified atom stereocenters. The molecule has 3 atom stereocenters. The predicted molar refractivity (Wildman–Crippen MR) is 226 cm³/mol. The SMILES string of the molecule is CCC/C=C/C/C=C/C/C=C/C/C=C/CCCCCC(=O)O[C@H](COC(=O)CCCC/C=C/CCCCCCCCCCC)COP(=O)(O)OC[C@H](N)C(=O)O. The number of rotatable bonds is 39. The molecule has 12 heteroatoms. The molecule has 56 heavy (non-hydrogen) atoms. The standard InChI is InChI=1S/C44H76NO10P/c1-3-5-7-9-11-13-15-17-19-20-22-24-26-28-30-32-34-36-43(47)55-40(38-53-56(50,51)54-39-41(45)44(48)49)37-52-42(46)35-33-31-29-27-25-23-21-18-16-14-12-10-8-6-4-2/h7,9,13,15,19-20,24-27,40-41H,3-6,8,10-12,14,16-18,21-23,28-39,45H2,1-2H3,(H,48,49)(H,50,51)/b9-7+,15-13+,20-19+,26-24+,27-25+/t40-,41+/m1/s1. The van der Waals surface area contributed by atoms with Crippen molar-refractivity contribution in [2.45, 2.75) is 180 Å². The molecular weight excluding hydrogens is 733 g/mol. The second kappa shape index (κ2) is 39.0. The summed E-state index contributed by atoms with van der Waals surface area (Å²) in [6, 6.07) is -1.53. The van der Waals surface area contributed by atoms with Crippen molar-refractivity contribution < 1.29 is 47.5 Å². The first-order valence-electron chi connectivity index (χ1n) is 21.3. The van der Waals surface area contributed by atoms with E-state index in [4.69, 9.17) is 24.8 Å². The third-order valence-corrected chi connectivity index (χ3v) is 9.67. The third kappa shape index (κ3) is 38.1. The van der Waals surface area contributed by atoms with Crippen molar-refractivity contribution in [3.8, 4) is 0 Å². The number of carboxylic acids is 1. The second-order valence-corrected chi connectivity index (χ2v) is 15.6. The highest BCUT2D eigenvalue weighted by molar-refractivity contribution is 7.47. The Labute approximate surface area is 338 Å². The molecule has 11 nitrogen and oxygen atoms in total. The first-order chi connectivity index (χ1) is 27.1. The lowest BCUT2D eigenvalue weighted by atomic mass is 10.1. The number of carboxylic acid groups (broad SMARTS) is 1. The number of allylic oxidation sites excluding steroid dienone is 10. The lowest BCUT2D eigenvalue weighted by Gasteiger charge is -2.20. The Balaban J connectivity index is 4.48. The van der Waals surface area contributed by atoms with Crippen LogP contribution in [0.3, 0.4) is 0 Å². The lowest BCUT2D eigenvalue weighted by molar-refractivity contribution is -0.161. The molecule has 0 amide bonds. The van der Waals surface area contributed by atoms with Gasteiger partial charge in [0.2, 0.25) is 0 Å². The van der Waals surface area contributed by atoms with Crippen LogP contribution in [0.1, 0.15) is 168 Å². The van der Waals surface area contributed by atoms with E-state index in [1.807, 2.05) is 0 Å². The zero-order chi connectivity index (χ0) is 41.4. The fourth-order valence-corrected chi connectivity index (χ4v) is 6.12. The van der Waals surface area contributed by atoms with Crippen molar-refractivity contribution in [3.05, 3.63) is 60.8 Å². The van der Waals surface area contributed by atoms with Crippen LogP contribution in [0.2, 0.25) is 0 Å². The van der Waals surface area contributed by atoms with E-state index in [2.05, 4.69) is 79.1 Å². The molecular formula is C44H76NO10P. The average Bonchev–Trinajstić information content (AvgIpc) is 3.17. The number of carbonyl (C=O) groups is 3. The minimum Gasteiger partial charge on any atom is -0.480 e. The summed E-state index contributed by atoms with van der Waals surface area (Å²) in [5, 5.41) is 8.88. The van der Waals surface area contributed by atoms with Crippen LogP contribution in [0.15, 0.2) is 60.8 Å². The fourth-order valence-electron chi connectivity index (χ4n) is 5.34. The summed E-state index contributed by atoms with van der Waals surface area (Å²) in [6.45, 7) is 2.67. The van der Waals surface area contributed by atoms with Gasteiger partial charge in [-0.3, -0.25) is 23.4 Å². The van der Waals surface area contributed by atoms with E-state index in [0.29, 0.717) is 12.8 Å². The predicted octanol–water partition coefficient (Wildman–Crippen LogP) is 11.2. The van der Waals surface area contributed by atoms with Crippen LogP contribution in [-0.4, -0.2) is 59.9 Å². The monoisotopic (exact) mass is 810 g/mol. The van der Waals surface area contributed by atoms with Gasteiger partial charge in [-0.2, -0.15) is 0 Å². The van der Waals surface area contributed by atoms with Crippen molar-refractivity contribution >= 4 is 25.7 Å². The number of phosphoric acid groups is 1. The highest BCUT2D eigenvalue weighted by Gasteiger charge is 2.28. The summed E-state index contributed by atoms with van der Waals surface area (Å²) < 4.78 is 32.6. The Morgan fingerprint density at radius 1 is 0.554 bits per heavy atom. The number of carbonyl (C=O) groups excluding carboxylic acids is 2. The Bertz CT molecular complexity index is 1180. The van der Waals surface area contributed by atoms with Crippen molar-refractivity contribution in [1.82, 2.24) is 0 Å². The number of nitrogens with two attached hydrogens (primary N) is 1. The molecule has 0 aliphatic heterocycles. The van der Waals surface area contributed by atoms with Gasteiger partial charge in [-0.1, -0.05) is 139 Å². The summed E-state index contributed by atoms with van der Waals surface area (Å²) in [6.07, 6.45) is 44.3. The van der Waals surface area contributed by atoms with Crippen LogP contribution in [-0.2, 0) is 37.5 Å². The molecule has 322 valence electrons. The zero-order valence-electron chi connectivity index (χ0n) is 34.7. The van der Waals surface area contributed by atoms with Gasteiger partial charge < -0.3 is 25.2 Å². The summed E-state index contributed by atoms with van der Waals surface area (Å²) in [5.41, 5.74) is 5.32. The summed E-state index contributed by atoms with van der Waals surface area (Å²) in [5.74, 6) is -2.45. The highest BCUT2D eigenvalue weighted by Crippen LogP contribution is 2.43. The molecule has 0 rings (SSSR count). The summed E-state index contributed by atoms with van der Waals surface area (Å²) in [7, 11) is -4.73. The smallest absolute Gasteiger partial charge is 0.472 e. The van der Waals surface area contributed by atoms with E-state index in [9.17, 15) is 23.8 Å². The van der Waals surface area contributed by atoms with E-state index in [0.717, 1.165) is 64.2 Å². The lowest BCUT2D eigenvalue weighted by Crippen LogP contribution is -2.34. The van der Waals surface area contributed by atoms with E-state index < -0.39 is 51.1 Å². The molecule has 0 aromatic carbocycles. The first kappa shape index (κ1) is 53.2. The van der Waals surface area contributed by atoms with E-state index in [-0.39, 0.29) is 19.4 Å². The topological polar surface area (TPSA) is 172 Å². The van der Waals surface area contributed by atoms with Gasteiger partial charge in [0, 0.05) is 12.8 Å². The Kier molecular flexibility index (Phi) is 37.1. The van der Waals surface area contributed by atoms with Crippen molar-refractivity contribution in [2.24, 2.45) is 5.73 Å². The van der Waals surface area contributed by atoms with E-state index in [1.54, 1.807) is 0 Å². The molecule has 0 aliphatic carbocycles. The molecule has 0 aromatic heterocycles. The number of unbranched alkanes of at least 4 members (excludes halogenated alkanes) is 15. The van der Waals surface area contributed by atoms with Crippen LogP contribution in [0.5, 0.6) is 0 Å². The largest absolute Gasteiger partial charge is 0.480 e. The zero-order valence-corrected chi connectivity index (χ0v) is 35.6. The van der Waals surface area contributed by atoms with Gasteiger partial charge in [-0.05, 0) is 77.0 Å². The van der Waals surface area contributed by atoms with Crippen molar-refractivity contribution in [2.75, 3.05) is 19.8 Å². The molecule has 0 aliphatic rings. The number of ether oxygens (including phenoxy) is 2. The fraction of sp³-hybridized carbons (Fsp3) is 0.705. The molecule has 0 fully saturated rings. The van der Waals surface area contributed by atoms with E-state index in [1.165, 1.54) is 64.2 Å². The van der Waals surface area contributed by atoms with Gasteiger partial charge in [0.1, 0.15) is 12.6 Å². The number of esters is 2. The Morgan fingerprint density at radius 2 is 0.982 bits per heavy atom. The van der Waals surface area contributed by atoms with Gasteiger partial charge in [0.05, 0.1) is 13.2 Å². The normalized spacial score (nSPS) is 14.4. The van der Waals surface area contributed by atoms with Crippen LogP contribution >= 0.6 is 7.82 Å². The second-order valence-electron chi connectivity index (χ2n) is 14.1. The Morgan fingerprint density at radius 3 is 1.54 bits per heavy atom. The molecule has 0 bridgehead atoms. The third-order valence-electron chi connectivity index (χ3n) is 8.72. The molecule has 0 radical (unpaired) electrons. The summed E-state index contributed by atoms with van der Waals surface area (Å²) in [4.78, 5) is 45.9. The van der Waals surface area contributed by atoms with Crippen LogP contribution in [0, 0.1) is 0 Å².